The van der Waals surface area contributed by atoms with Gasteiger partial charge in [0.05, 0.1) is 7.11 Å². The van der Waals surface area contributed by atoms with E-state index < -0.39 is 13.8 Å². The van der Waals surface area contributed by atoms with E-state index in [1.807, 2.05) is 0 Å². The molecule has 0 aliphatic heterocycles. The van der Waals surface area contributed by atoms with Crippen molar-refractivity contribution in [2.24, 2.45) is 0 Å². The van der Waals surface area contributed by atoms with Gasteiger partial charge in [-0.1, -0.05) is 13.7 Å². The molecule has 0 fully saturated rings. The number of aryl methyl sites for hydroxylation is 1. The van der Waals surface area contributed by atoms with E-state index in [2.05, 4.69) is 0 Å². The molecule has 15 heavy (non-hydrogen) atoms. The largest absolute Gasteiger partial charge is 0.810 e. The number of phenols is 1. The third-order valence-electron chi connectivity index (χ3n) is 1.92. The van der Waals surface area contributed by atoms with E-state index in [1.165, 1.54) is 19.2 Å². The van der Waals surface area contributed by atoms with Gasteiger partial charge in [-0.25, -0.2) is 0 Å². The van der Waals surface area contributed by atoms with Gasteiger partial charge in [0.2, 0.25) is 0 Å². The highest BCUT2D eigenvalue weighted by Gasteiger charge is 2.07. The zero-order chi connectivity index (χ0) is 11.6. The Hall–Kier alpha value is -1.03. The Bertz CT molecular complexity index is 409. The Morgan fingerprint density at radius 1 is 1.47 bits per heavy atom. The molecule has 0 unspecified atom stereocenters. The number of methoxy groups -OCH3 is 1. The van der Waals surface area contributed by atoms with Crippen molar-refractivity contribution in [2.45, 2.75) is 13.1 Å². The molecular weight excluding hydrogens is 219 g/mol. The van der Waals surface area contributed by atoms with Crippen LogP contribution < -0.4 is 14.5 Å². The summed E-state index contributed by atoms with van der Waals surface area (Å²) in [7, 11) is -3.24. The van der Waals surface area contributed by atoms with Gasteiger partial charge in [0.15, 0.2) is 11.5 Å². The first kappa shape index (κ1) is 12.0. The lowest BCUT2D eigenvalue weighted by atomic mass is 10.1. The van der Waals surface area contributed by atoms with Crippen molar-refractivity contribution in [1.29, 1.82) is 0 Å². The molecule has 0 atom stereocenters. The molecule has 1 aromatic rings. The molecule has 0 saturated heterocycles. The normalized spacial score (nSPS) is 11.5. The molecule has 0 heterocycles. The average Bonchev–Trinajstić information content (AvgIpc) is 2.08. The van der Waals surface area contributed by atoms with Crippen molar-refractivity contribution < 1.29 is 24.2 Å². The number of ether oxygens (including phenoxy) is 1. The standard InChI is InChI=1S/C9H13O5P/c1-6-3-7(5-15(11,12)13)4-8(14-2)9(6)10/h3-4,10H,5H2,1-2H3,(H2,11,12,13)/p-2. The summed E-state index contributed by atoms with van der Waals surface area (Å²) < 4.78 is 15.4. The van der Waals surface area contributed by atoms with Gasteiger partial charge in [0, 0.05) is 6.16 Å². The third kappa shape index (κ3) is 3.23. The van der Waals surface area contributed by atoms with Crippen LogP contribution in [0.1, 0.15) is 11.1 Å². The second kappa shape index (κ2) is 4.23. The van der Waals surface area contributed by atoms with Gasteiger partial charge < -0.3 is 24.2 Å². The highest BCUT2D eigenvalue weighted by Crippen LogP contribution is 2.36. The molecule has 0 spiro atoms. The van der Waals surface area contributed by atoms with E-state index in [9.17, 15) is 19.5 Å². The summed E-state index contributed by atoms with van der Waals surface area (Å²) in [6.07, 6.45) is -0.579. The maximum atomic E-state index is 10.6. The summed E-state index contributed by atoms with van der Waals surface area (Å²) in [5.74, 6) is 0.117. The first-order valence-electron chi connectivity index (χ1n) is 4.21. The molecule has 0 saturated carbocycles. The van der Waals surface area contributed by atoms with E-state index in [1.54, 1.807) is 6.92 Å². The Morgan fingerprint density at radius 3 is 2.53 bits per heavy atom. The Morgan fingerprint density at radius 2 is 2.07 bits per heavy atom. The summed E-state index contributed by atoms with van der Waals surface area (Å²) in [6, 6.07) is 2.78. The fourth-order valence-electron chi connectivity index (χ4n) is 1.29. The van der Waals surface area contributed by atoms with Crippen molar-refractivity contribution in [2.75, 3.05) is 7.11 Å². The second-order valence-corrected chi connectivity index (χ2v) is 4.77. The number of phenolic OH excluding ortho intramolecular Hbond substituents is 1. The van der Waals surface area contributed by atoms with Gasteiger partial charge in [0.1, 0.15) is 0 Å². The molecule has 6 heteroatoms. The second-order valence-electron chi connectivity index (χ2n) is 3.23. The van der Waals surface area contributed by atoms with E-state index in [-0.39, 0.29) is 11.5 Å². The smallest absolute Gasteiger partial charge is 0.161 e. The van der Waals surface area contributed by atoms with Crippen LogP contribution in [0, 0.1) is 6.92 Å². The number of hydrogen-bond acceptors (Lipinski definition) is 5. The molecular formula is C9H11O5P-2. The molecule has 5 nitrogen and oxygen atoms in total. The molecule has 1 aromatic carbocycles. The highest BCUT2D eigenvalue weighted by atomic mass is 31.2. The molecule has 0 aliphatic rings. The quantitative estimate of drug-likeness (QED) is 0.744. The SMILES string of the molecule is COc1cc(CP(=O)([O-])[O-])cc(C)c1O. The maximum absolute atomic E-state index is 10.6. The fourth-order valence-corrected chi connectivity index (χ4v) is 1.92. The molecule has 1 rings (SSSR count). The van der Waals surface area contributed by atoms with Crippen molar-refractivity contribution in [3.8, 4) is 11.5 Å². The van der Waals surface area contributed by atoms with Crippen LogP contribution in [0.15, 0.2) is 12.1 Å². The van der Waals surface area contributed by atoms with Gasteiger partial charge in [-0.2, -0.15) is 0 Å². The summed E-state index contributed by atoms with van der Waals surface area (Å²) in [5, 5.41) is 9.47. The lowest BCUT2D eigenvalue weighted by molar-refractivity contribution is -0.314. The van der Waals surface area contributed by atoms with Crippen LogP contribution in [-0.4, -0.2) is 12.2 Å². The topological polar surface area (TPSA) is 92.7 Å². The van der Waals surface area contributed by atoms with Crippen LogP contribution in [-0.2, 0) is 10.7 Å². The number of rotatable bonds is 3. The number of benzene rings is 1. The van der Waals surface area contributed by atoms with Crippen molar-refractivity contribution in [3.05, 3.63) is 23.3 Å². The van der Waals surface area contributed by atoms with Gasteiger partial charge >= 0.3 is 0 Å². The predicted octanol–water partition coefficient (Wildman–Crippen LogP) is 0.123. The zero-order valence-corrected chi connectivity index (χ0v) is 9.28. The zero-order valence-electron chi connectivity index (χ0n) is 8.39. The van der Waals surface area contributed by atoms with Gasteiger partial charge in [-0.05, 0) is 24.1 Å². The van der Waals surface area contributed by atoms with Crippen molar-refractivity contribution in [1.82, 2.24) is 0 Å². The predicted molar refractivity (Wildman–Crippen MR) is 50.7 cm³/mol. The molecule has 0 radical (unpaired) electrons. The van der Waals surface area contributed by atoms with E-state index in [4.69, 9.17) is 4.74 Å². The average molecular weight is 230 g/mol. The van der Waals surface area contributed by atoms with Crippen LogP contribution in [0.4, 0.5) is 0 Å². The fraction of sp³-hybridized carbons (Fsp3) is 0.333. The summed E-state index contributed by atoms with van der Waals surface area (Å²) in [4.78, 5) is 21.1. The van der Waals surface area contributed by atoms with Crippen LogP contribution in [0.5, 0.6) is 11.5 Å². The molecule has 0 aliphatic carbocycles. The molecule has 1 N–H and O–H groups in total. The van der Waals surface area contributed by atoms with Crippen LogP contribution >= 0.6 is 7.60 Å². The van der Waals surface area contributed by atoms with Crippen molar-refractivity contribution in [3.63, 3.8) is 0 Å². The van der Waals surface area contributed by atoms with E-state index in [0.717, 1.165) is 0 Å². The first-order valence-corrected chi connectivity index (χ1v) is 5.94. The minimum absolute atomic E-state index is 0.0483. The van der Waals surface area contributed by atoms with Gasteiger partial charge in [-0.15, -0.1) is 0 Å². The highest BCUT2D eigenvalue weighted by molar-refractivity contribution is 7.47. The Balaban J connectivity index is 3.12. The minimum Gasteiger partial charge on any atom is -0.810 e. The third-order valence-corrected chi connectivity index (χ3v) is 2.67. The molecule has 0 amide bonds. The summed E-state index contributed by atoms with van der Waals surface area (Å²) >= 11 is 0. The molecule has 84 valence electrons. The van der Waals surface area contributed by atoms with Crippen LogP contribution in [0.2, 0.25) is 0 Å². The van der Waals surface area contributed by atoms with Crippen LogP contribution in [0.25, 0.3) is 0 Å². The van der Waals surface area contributed by atoms with Crippen LogP contribution in [0.3, 0.4) is 0 Å². The summed E-state index contributed by atoms with van der Waals surface area (Å²) in [5.41, 5.74) is 0.785. The van der Waals surface area contributed by atoms with E-state index in [0.29, 0.717) is 11.1 Å². The van der Waals surface area contributed by atoms with E-state index >= 15 is 0 Å². The van der Waals surface area contributed by atoms with Gasteiger partial charge in [0.25, 0.3) is 0 Å². The Labute approximate surface area is 87.5 Å². The lowest BCUT2D eigenvalue weighted by Gasteiger charge is -2.29. The maximum Gasteiger partial charge on any atom is 0.161 e. The number of hydrogen-bond donors (Lipinski definition) is 1. The lowest BCUT2D eigenvalue weighted by Crippen LogP contribution is -2.15. The van der Waals surface area contributed by atoms with Gasteiger partial charge in [-0.3, -0.25) is 0 Å². The summed E-state index contributed by atoms with van der Waals surface area (Å²) in [6.45, 7) is 1.60. The van der Waals surface area contributed by atoms with Crippen molar-refractivity contribution >= 4 is 7.60 Å². The minimum atomic E-state index is -4.59. The Kier molecular flexibility index (Phi) is 3.39. The number of aromatic hydroxyl groups is 1. The molecule has 0 aromatic heterocycles. The molecule has 0 bridgehead atoms. The monoisotopic (exact) mass is 230 g/mol. The first-order chi connectivity index (χ1) is 6.83.